The highest BCUT2D eigenvalue weighted by Gasteiger charge is 2.22. The molecule has 2 aromatic carbocycles. The van der Waals surface area contributed by atoms with E-state index in [1.165, 1.54) is 59.7 Å². The summed E-state index contributed by atoms with van der Waals surface area (Å²) in [4.78, 5) is 0. The van der Waals surface area contributed by atoms with Crippen molar-refractivity contribution in [1.29, 1.82) is 0 Å². The Morgan fingerprint density at radius 3 is 2.62 bits per heavy atom. The van der Waals surface area contributed by atoms with Crippen molar-refractivity contribution in [2.75, 3.05) is 19.6 Å². The highest BCUT2D eigenvalue weighted by Crippen LogP contribution is 2.37. The van der Waals surface area contributed by atoms with E-state index >= 15 is 0 Å². The number of nitrogens with two attached hydrogens (primary N) is 1. The SMILES string of the molecule is Cc1cccc(CC(CCNCCCN)c2cn(C3CCCCC3)c3ccccc23)c1.Cl. The molecule has 0 spiro atoms. The first-order chi connectivity index (χ1) is 15.3. The number of nitrogens with zero attached hydrogens (tertiary/aromatic N) is 1. The van der Waals surface area contributed by atoms with Gasteiger partial charge in [0, 0.05) is 23.1 Å². The molecular formula is C28H40ClN3. The maximum Gasteiger partial charge on any atom is 0.0485 e. The lowest BCUT2D eigenvalue weighted by atomic mass is 9.88. The number of aryl methyl sites for hydroxylation is 1. The lowest BCUT2D eigenvalue weighted by Gasteiger charge is -2.24. The van der Waals surface area contributed by atoms with Gasteiger partial charge < -0.3 is 15.6 Å². The lowest BCUT2D eigenvalue weighted by Crippen LogP contribution is -2.21. The standard InChI is InChI=1S/C28H39N3.ClH/c1-22-9-7-10-23(19-22)20-24(15-18-30-17-8-16-29)27-21-31(25-11-3-2-4-12-25)28-14-6-5-13-26(27)28;/h5-7,9-10,13-14,19,21,24-25,30H,2-4,8,11-12,15-18,20,29H2,1H3;1H. The minimum atomic E-state index is 0. The second kappa shape index (κ2) is 12.4. The molecule has 0 amide bonds. The summed E-state index contributed by atoms with van der Waals surface area (Å²) in [6, 6.07) is 18.8. The first-order valence-electron chi connectivity index (χ1n) is 12.3. The maximum absolute atomic E-state index is 5.67. The van der Waals surface area contributed by atoms with Crippen LogP contribution in [0.2, 0.25) is 0 Å². The van der Waals surface area contributed by atoms with Gasteiger partial charge in [-0.1, -0.05) is 67.3 Å². The highest BCUT2D eigenvalue weighted by molar-refractivity contribution is 5.85. The topological polar surface area (TPSA) is 43.0 Å². The molecule has 0 saturated heterocycles. The van der Waals surface area contributed by atoms with Crippen LogP contribution in [0.25, 0.3) is 10.9 Å². The summed E-state index contributed by atoms with van der Waals surface area (Å²) in [7, 11) is 0. The van der Waals surface area contributed by atoms with Crippen LogP contribution in [-0.4, -0.2) is 24.2 Å². The number of rotatable bonds is 10. The van der Waals surface area contributed by atoms with Crippen molar-refractivity contribution in [3.8, 4) is 0 Å². The Kier molecular flexibility index (Phi) is 9.65. The van der Waals surface area contributed by atoms with Crippen molar-refractivity contribution in [2.24, 2.45) is 5.73 Å². The molecule has 4 rings (SSSR count). The number of aromatic nitrogens is 1. The normalized spacial score (nSPS) is 15.6. The summed E-state index contributed by atoms with van der Waals surface area (Å²) in [6.07, 6.45) is 12.6. The van der Waals surface area contributed by atoms with Crippen molar-refractivity contribution in [2.45, 2.75) is 70.3 Å². The molecule has 1 unspecified atom stereocenters. The van der Waals surface area contributed by atoms with Crippen molar-refractivity contribution in [3.05, 3.63) is 71.4 Å². The molecule has 174 valence electrons. The summed E-state index contributed by atoms with van der Waals surface area (Å²) >= 11 is 0. The van der Waals surface area contributed by atoms with Gasteiger partial charge in [0.25, 0.3) is 0 Å². The molecule has 0 aliphatic heterocycles. The zero-order valence-corrected chi connectivity index (χ0v) is 20.4. The average Bonchev–Trinajstić information content (AvgIpc) is 3.18. The lowest BCUT2D eigenvalue weighted by molar-refractivity contribution is 0.360. The van der Waals surface area contributed by atoms with Crippen molar-refractivity contribution >= 4 is 23.3 Å². The van der Waals surface area contributed by atoms with E-state index in [4.69, 9.17) is 5.73 Å². The van der Waals surface area contributed by atoms with Gasteiger partial charge >= 0.3 is 0 Å². The largest absolute Gasteiger partial charge is 0.344 e. The minimum absolute atomic E-state index is 0. The molecule has 3 N–H and O–H groups in total. The van der Waals surface area contributed by atoms with Crippen LogP contribution in [0, 0.1) is 6.92 Å². The van der Waals surface area contributed by atoms with Crippen molar-refractivity contribution in [3.63, 3.8) is 0 Å². The van der Waals surface area contributed by atoms with Gasteiger partial charge in [0.05, 0.1) is 0 Å². The van der Waals surface area contributed by atoms with Crippen molar-refractivity contribution in [1.82, 2.24) is 9.88 Å². The highest BCUT2D eigenvalue weighted by atomic mass is 35.5. The van der Waals surface area contributed by atoms with Crippen molar-refractivity contribution < 1.29 is 0 Å². The number of hydrogen-bond donors (Lipinski definition) is 2. The molecule has 4 heteroatoms. The summed E-state index contributed by atoms with van der Waals surface area (Å²) in [5.41, 5.74) is 11.4. The Hall–Kier alpha value is -1.81. The zero-order chi connectivity index (χ0) is 21.5. The number of fused-ring (bicyclic) bond motifs is 1. The fourth-order valence-electron chi connectivity index (χ4n) is 5.34. The average molecular weight is 454 g/mol. The van der Waals surface area contributed by atoms with E-state index < -0.39 is 0 Å². The van der Waals surface area contributed by atoms with Crippen LogP contribution in [0.15, 0.2) is 54.7 Å². The number of hydrogen-bond acceptors (Lipinski definition) is 2. The van der Waals surface area contributed by atoms with Crippen LogP contribution < -0.4 is 11.1 Å². The van der Waals surface area contributed by atoms with Gasteiger partial charge in [-0.25, -0.2) is 0 Å². The van der Waals surface area contributed by atoms with Gasteiger partial charge in [0.15, 0.2) is 0 Å². The second-order valence-electron chi connectivity index (χ2n) is 9.37. The third-order valence-electron chi connectivity index (χ3n) is 6.97. The van der Waals surface area contributed by atoms with Crippen LogP contribution in [0.3, 0.4) is 0 Å². The van der Waals surface area contributed by atoms with Gasteiger partial charge in [0.1, 0.15) is 0 Å². The third-order valence-corrected chi connectivity index (χ3v) is 6.97. The summed E-state index contributed by atoms with van der Waals surface area (Å²) in [5, 5.41) is 5.07. The molecule has 1 aliphatic rings. The van der Waals surface area contributed by atoms with Gasteiger partial charge in [0.2, 0.25) is 0 Å². The first kappa shape index (κ1) is 24.8. The van der Waals surface area contributed by atoms with Gasteiger partial charge in [-0.3, -0.25) is 0 Å². The molecule has 0 radical (unpaired) electrons. The third kappa shape index (κ3) is 6.15. The Labute approximate surface area is 200 Å². The predicted octanol–water partition coefficient (Wildman–Crippen LogP) is 6.53. The van der Waals surface area contributed by atoms with E-state index in [9.17, 15) is 0 Å². The summed E-state index contributed by atoms with van der Waals surface area (Å²) < 4.78 is 2.62. The fourth-order valence-corrected chi connectivity index (χ4v) is 5.34. The summed E-state index contributed by atoms with van der Waals surface area (Å²) in [6.45, 7) is 5.01. The predicted molar refractivity (Wildman–Crippen MR) is 140 cm³/mol. The Bertz CT molecular complexity index is 958. The first-order valence-corrected chi connectivity index (χ1v) is 12.3. The molecule has 1 fully saturated rings. The summed E-state index contributed by atoms with van der Waals surface area (Å²) in [5.74, 6) is 0.516. The van der Waals surface area contributed by atoms with Crippen LogP contribution in [0.4, 0.5) is 0 Å². The van der Waals surface area contributed by atoms with E-state index in [1.54, 1.807) is 0 Å². The number of benzene rings is 2. The molecule has 1 saturated carbocycles. The molecule has 1 aromatic heterocycles. The van der Waals surface area contributed by atoms with E-state index in [-0.39, 0.29) is 12.4 Å². The zero-order valence-electron chi connectivity index (χ0n) is 19.6. The van der Waals surface area contributed by atoms with E-state index in [2.05, 4.69) is 71.5 Å². The molecule has 1 aliphatic carbocycles. The van der Waals surface area contributed by atoms with E-state index in [1.807, 2.05) is 0 Å². The number of halogens is 1. The van der Waals surface area contributed by atoms with Gasteiger partial charge in [-0.2, -0.15) is 0 Å². The molecular weight excluding hydrogens is 414 g/mol. The smallest absolute Gasteiger partial charge is 0.0485 e. The molecule has 0 bridgehead atoms. The van der Waals surface area contributed by atoms with E-state index in [0.29, 0.717) is 12.0 Å². The minimum Gasteiger partial charge on any atom is -0.344 e. The molecule has 1 atom stereocenters. The molecule has 1 heterocycles. The van der Waals surface area contributed by atoms with Gasteiger partial charge in [-0.05, 0) is 81.8 Å². The molecule has 3 nitrogen and oxygen atoms in total. The number of para-hydroxylation sites is 1. The van der Waals surface area contributed by atoms with Gasteiger partial charge in [-0.15, -0.1) is 12.4 Å². The number of nitrogens with one attached hydrogen (secondary N) is 1. The maximum atomic E-state index is 5.67. The fraction of sp³-hybridized carbons (Fsp3) is 0.500. The van der Waals surface area contributed by atoms with Crippen LogP contribution in [0.1, 0.15) is 73.6 Å². The second-order valence-corrected chi connectivity index (χ2v) is 9.37. The Balaban J connectivity index is 0.00000289. The molecule has 32 heavy (non-hydrogen) atoms. The van der Waals surface area contributed by atoms with Crippen LogP contribution in [-0.2, 0) is 6.42 Å². The van der Waals surface area contributed by atoms with Crippen LogP contribution >= 0.6 is 12.4 Å². The Morgan fingerprint density at radius 1 is 1.03 bits per heavy atom. The monoisotopic (exact) mass is 453 g/mol. The van der Waals surface area contributed by atoms with E-state index in [0.717, 1.165) is 38.9 Å². The molecule has 3 aromatic rings. The Morgan fingerprint density at radius 2 is 1.84 bits per heavy atom. The van der Waals surface area contributed by atoms with Crippen LogP contribution in [0.5, 0.6) is 0 Å². The quantitative estimate of drug-likeness (QED) is 0.342.